The second kappa shape index (κ2) is 3.91. The Kier molecular flexibility index (Phi) is 3.34. The third-order valence-electron chi connectivity index (χ3n) is 1.93. The first kappa shape index (κ1) is 10.2. The van der Waals surface area contributed by atoms with Crippen molar-refractivity contribution in [3.05, 3.63) is 0 Å². The van der Waals surface area contributed by atoms with Gasteiger partial charge in [0, 0.05) is 23.3 Å². The molecular weight excluding hydrogens is 202 g/mol. The SMILES string of the molecule is CC1COCCC1NS(=O)(=O)Cl. The van der Waals surface area contributed by atoms with E-state index in [9.17, 15) is 8.42 Å². The highest BCUT2D eigenvalue weighted by Crippen LogP contribution is 2.15. The molecule has 1 rings (SSSR count). The molecule has 1 aliphatic heterocycles. The van der Waals surface area contributed by atoms with Gasteiger partial charge in [-0.25, -0.2) is 0 Å². The van der Waals surface area contributed by atoms with Crippen molar-refractivity contribution in [1.82, 2.24) is 4.72 Å². The molecule has 6 heteroatoms. The molecule has 0 aliphatic carbocycles. The summed E-state index contributed by atoms with van der Waals surface area (Å²) in [5.74, 6) is 0.187. The van der Waals surface area contributed by atoms with Gasteiger partial charge < -0.3 is 4.74 Å². The van der Waals surface area contributed by atoms with Gasteiger partial charge in [-0.2, -0.15) is 13.1 Å². The minimum Gasteiger partial charge on any atom is -0.381 e. The average molecular weight is 214 g/mol. The Balaban J connectivity index is 2.50. The normalized spacial score (nSPS) is 31.8. The second-order valence-electron chi connectivity index (χ2n) is 3.00. The predicted octanol–water partition coefficient (Wildman–Crippen LogP) is 0.485. The van der Waals surface area contributed by atoms with Crippen LogP contribution in [0.1, 0.15) is 13.3 Å². The number of nitrogens with one attached hydrogen (secondary N) is 1. The summed E-state index contributed by atoms with van der Waals surface area (Å²) in [6.07, 6.45) is 0.688. The van der Waals surface area contributed by atoms with Gasteiger partial charge in [0.05, 0.1) is 6.61 Å². The molecule has 0 aromatic heterocycles. The fourth-order valence-electron chi connectivity index (χ4n) is 1.24. The van der Waals surface area contributed by atoms with Crippen molar-refractivity contribution >= 4 is 19.9 Å². The first-order valence-corrected chi connectivity index (χ1v) is 6.09. The van der Waals surface area contributed by atoms with Crippen LogP contribution in [0.4, 0.5) is 0 Å². The Morgan fingerprint density at radius 2 is 2.25 bits per heavy atom. The van der Waals surface area contributed by atoms with Crippen molar-refractivity contribution in [2.24, 2.45) is 5.92 Å². The van der Waals surface area contributed by atoms with E-state index in [1.807, 2.05) is 6.92 Å². The summed E-state index contributed by atoms with van der Waals surface area (Å²) >= 11 is 0. The molecule has 0 radical (unpaired) electrons. The maximum absolute atomic E-state index is 10.7. The first-order chi connectivity index (χ1) is 5.49. The smallest absolute Gasteiger partial charge is 0.297 e. The summed E-state index contributed by atoms with van der Waals surface area (Å²) in [7, 11) is 1.46. The molecule has 4 nitrogen and oxygen atoms in total. The van der Waals surface area contributed by atoms with E-state index in [0.29, 0.717) is 19.6 Å². The van der Waals surface area contributed by atoms with E-state index in [2.05, 4.69) is 4.72 Å². The topological polar surface area (TPSA) is 55.4 Å². The molecule has 2 unspecified atom stereocenters. The van der Waals surface area contributed by atoms with Crippen LogP contribution in [0, 0.1) is 5.92 Å². The minimum absolute atomic E-state index is 0.0822. The summed E-state index contributed by atoms with van der Waals surface area (Å²) < 4.78 is 28.8. The molecular formula is C6H12ClNO3S. The van der Waals surface area contributed by atoms with Crippen molar-refractivity contribution in [1.29, 1.82) is 0 Å². The van der Waals surface area contributed by atoms with Crippen LogP contribution in [-0.2, 0) is 14.0 Å². The van der Waals surface area contributed by atoms with Gasteiger partial charge in [-0.1, -0.05) is 6.92 Å². The molecule has 2 atom stereocenters. The summed E-state index contributed by atoms with van der Waals surface area (Å²) in [6.45, 7) is 3.11. The van der Waals surface area contributed by atoms with Crippen molar-refractivity contribution < 1.29 is 13.2 Å². The van der Waals surface area contributed by atoms with Gasteiger partial charge in [-0.15, -0.1) is 0 Å². The zero-order valence-corrected chi connectivity index (χ0v) is 8.36. The van der Waals surface area contributed by atoms with Crippen LogP contribution in [0.5, 0.6) is 0 Å². The Bertz CT molecular complexity index is 241. The summed E-state index contributed by atoms with van der Waals surface area (Å²) in [6, 6.07) is -0.0822. The van der Waals surface area contributed by atoms with Gasteiger partial charge in [0.25, 0.3) is 9.24 Å². The second-order valence-corrected chi connectivity index (χ2v) is 5.33. The van der Waals surface area contributed by atoms with Crippen LogP contribution in [0.2, 0.25) is 0 Å². The molecule has 0 saturated carbocycles. The number of hydrogen-bond donors (Lipinski definition) is 1. The van der Waals surface area contributed by atoms with Crippen LogP contribution in [-0.4, -0.2) is 27.7 Å². The Morgan fingerprint density at radius 3 is 2.75 bits per heavy atom. The quantitative estimate of drug-likeness (QED) is 0.680. The Morgan fingerprint density at radius 1 is 1.58 bits per heavy atom. The van der Waals surface area contributed by atoms with Crippen molar-refractivity contribution in [3.63, 3.8) is 0 Å². The molecule has 1 fully saturated rings. The van der Waals surface area contributed by atoms with Gasteiger partial charge in [0.15, 0.2) is 0 Å². The van der Waals surface area contributed by atoms with E-state index in [-0.39, 0.29) is 12.0 Å². The highest BCUT2D eigenvalue weighted by atomic mass is 35.7. The number of hydrogen-bond acceptors (Lipinski definition) is 3. The fourth-order valence-corrected chi connectivity index (χ4v) is 2.29. The molecule has 72 valence electrons. The van der Waals surface area contributed by atoms with E-state index in [1.165, 1.54) is 0 Å². The largest absolute Gasteiger partial charge is 0.381 e. The minimum atomic E-state index is -3.59. The van der Waals surface area contributed by atoms with Crippen LogP contribution < -0.4 is 4.72 Å². The van der Waals surface area contributed by atoms with Gasteiger partial charge in [0.1, 0.15) is 0 Å². The van der Waals surface area contributed by atoms with Crippen LogP contribution in [0.15, 0.2) is 0 Å². The lowest BCUT2D eigenvalue weighted by atomic mass is 9.99. The summed E-state index contributed by atoms with van der Waals surface area (Å²) in [4.78, 5) is 0. The number of halogens is 1. The van der Waals surface area contributed by atoms with Gasteiger partial charge in [0.2, 0.25) is 0 Å². The van der Waals surface area contributed by atoms with Crippen molar-refractivity contribution in [2.45, 2.75) is 19.4 Å². The lowest BCUT2D eigenvalue weighted by Crippen LogP contribution is -2.42. The molecule has 1 heterocycles. The number of rotatable bonds is 2. The molecule has 1 aliphatic rings. The van der Waals surface area contributed by atoms with Crippen LogP contribution in [0.3, 0.4) is 0 Å². The fraction of sp³-hybridized carbons (Fsp3) is 1.00. The van der Waals surface area contributed by atoms with E-state index in [4.69, 9.17) is 15.4 Å². The zero-order valence-electron chi connectivity index (χ0n) is 6.79. The van der Waals surface area contributed by atoms with Gasteiger partial charge >= 0.3 is 0 Å². The van der Waals surface area contributed by atoms with E-state index >= 15 is 0 Å². The molecule has 0 amide bonds. The van der Waals surface area contributed by atoms with Gasteiger partial charge in [-0.05, 0) is 12.3 Å². The predicted molar refractivity (Wildman–Crippen MR) is 46.3 cm³/mol. The molecule has 0 spiro atoms. The highest BCUT2D eigenvalue weighted by Gasteiger charge is 2.24. The maximum atomic E-state index is 10.7. The maximum Gasteiger partial charge on any atom is 0.297 e. The Labute approximate surface area is 76.8 Å². The first-order valence-electron chi connectivity index (χ1n) is 3.78. The van der Waals surface area contributed by atoms with Crippen LogP contribution in [0.25, 0.3) is 0 Å². The average Bonchev–Trinajstić information content (AvgIpc) is 1.91. The molecule has 1 N–H and O–H groups in total. The number of ether oxygens (including phenoxy) is 1. The molecule has 0 bridgehead atoms. The van der Waals surface area contributed by atoms with Crippen LogP contribution >= 0.6 is 10.7 Å². The van der Waals surface area contributed by atoms with E-state index < -0.39 is 9.24 Å². The third kappa shape index (κ3) is 3.26. The highest BCUT2D eigenvalue weighted by molar-refractivity contribution is 8.12. The lowest BCUT2D eigenvalue weighted by Gasteiger charge is -2.28. The van der Waals surface area contributed by atoms with Crippen molar-refractivity contribution in [3.8, 4) is 0 Å². The molecule has 1 saturated heterocycles. The lowest BCUT2D eigenvalue weighted by molar-refractivity contribution is 0.0452. The molecule has 0 aromatic rings. The molecule has 0 aromatic carbocycles. The summed E-state index contributed by atoms with van der Waals surface area (Å²) in [5, 5.41) is 0. The van der Waals surface area contributed by atoms with Crippen molar-refractivity contribution in [2.75, 3.05) is 13.2 Å². The monoisotopic (exact) mass is 213 g/mol. The van der Waals surface area contributed by atoms with E-state index in [1.54, 1.807) is 0 Å². The zero-order chi connectivity index (χ0) is 9.19. The standard InChI is InChI=1S/C6H12ClNO3S/c1-5-4-11-3-2-6(5)8-12(7,9)10/h5-6,8H,2-4H2,1H3. The molecule has 12 heavy (non-hydrogen) atoms. The third-order valence-corrected chi connectivity index (χ3v) is 2.78. The summed E-state index contributed by atoms with van der Waals surface area (Å²) in [5.41, 5.74) is 0. The van der Waals surface area contributed by atoms with Gasteiger partial charge in [-0.3, -0.25) is 0 Å². The van der Waals surface area contributed by atoms with E-state index in [0.717, 1.165) is 0 Å². The Hall–Kier alpha value is 0.160.